The van der Waals surface area contributed by atoms with Gasteiger partial charge < -0.3 is 5.32 Å². The molecule has 0 atom stereocenters. The number of nitrogens with one attached hydrogen (secondary N) is 1. The van der Waals surface area contributed by atoms with Gasteiger partial charge in [-0.3, -0.25) is 0 Å². The molecule has 0 unspecified atom stereocenters. The molecule has 0 spiro atoms. The highest BCUT2D eigenvalue weighted by molar-refractivity contribution is 7.99. The van der Waals surface area contributed by atoms with Crippen LogP contribution in [0.25, 0.3) is 0 Å². The van der Waals surface area contributed by atoms with Gasteiger partial charge in [0.2, 0.25) is 0 Å². The first-order valence-corrected chi connectivity index (χ1v) is 8.42. The first-order chi connectivity index (χ1) is 7.95. The molecule has 16 heavy (non-hydrogen) atoms. The van der Waals surface area contributed by atoms with Crippen LogP contribution in [0, 0.1) is 5.92 Å². The molecule has 0 bridgehead atoms. The van der Waals surface area contributed by atoms with Crippen LogP contribution in [0.4, 0.5) is 0 Å². The largest absolute Gasteiger partial charge is 0.314 e. The Hall–Kier alpha value is 0.310. The topological polar surface area (TPSA) is 12.0 Å². The van der Waals surface area contributed by atoms with Crippen LogP contribution < -0.4 is 5.32 Å². The molecule has 0 heterocycles. The lowest BCUT2D eigenvalue weighted by Gasteiger charge is -2.12. The monoisotopic (exact) mass is 241 g/mol. The average molecular weight is 241 g/mol. The van der Waals surface area contributed by atoms with E-state index in [2.05, 4.69) is 17.1 Å². The maximum absolute atomic E-state index is 3.70. The molecule has 2 rings (SSSR count). The Bertz CT molecular complexity index is 152. The third-order valence-corrected chi connectivity index (χ3v) is 5.37. The number of hydrogen-bond acceptors (Lipinski definition) is 2. The number of thioether (sulfide) groups is 1. The van der Waals surface area contributed by atoms with Crippen molar-refractivity contribution in [3.8, 4) is 0 Å². The standard InChI is InChI=1S/C14H27NS/c1-2-7-13(6-1)12-16-11-5-10-15-14-8-3-4-9-14/h13-15H,1-12H2. The molecule has 2 heteroatoms. The summed E-state index contributed by atoms with van der Waals surface area (Å²) >= 11 is 2.19. The minimum absolute atomic E-state index is 0.861. The van der Waals surface area contributed by atoms with E-state index in [4.69, 9.17) is 0 Å². The Morgan fingerprint density at radius 3 is 2.38 bits per heavy atom. The van der Waals surface area contributed by atoms with Crippen LogP contribution >= 0.6 is 11.8 Å². The highest BCUT2D eigenvalue weighted by Gasteiger charge is 2.15. The van der Waals surface area contributed by atoms with E-state index in [-0.39, 0.29) is 0 Å². The van der Waals surface area contributed by atoms with E-state index in [1.807, 2.05) is 0 Å². The Labute approximate surface area is 105 Å². The number of rotatable bonds is 7. The van der Waals surface area contributed by atoms with E-state index in [0.29, 0.717) is 0 Å². The fraction of sp³-hybridized carbons (Fsp3) is 1.00. The summed E-state index contributed by atoms with van der Waals surface area (Å²) in [6.45, 7) is 1.25. The van der Waals surface area contributed by atoms with Crippen molar-refractivity contribution in [1.29, 1.82) is 0 Å². The van der Waals surface area contributed by atoms with Crippen LogP contribution in [-0.4, -0.2) is 24.1 Å². The van der Waals surface area contributed by atoms with Crippen molar-refractivity contribution in [3.63, 3.8) is 0 Å². The van der Waals surface area contributed by atoms with Gasteiger partial charge in [-0.2, -0.15) is 11.8 Å². The normalized spacial score (nSPS) is 23.2. The first kappa shape index (κ1) is 12.8. The van der Waals surface area contributed by atoms with Crippen LogP contribution in [0.2, 0.25) is 0 Å². The Balaban J connectivity index is 1.37. The van der Waals surface area contributed by atoms with Gasteiger partial charge in [0.05, 0.1) is 0 Å². The molecule has 0 aliphatic heterocycles. The second-order valence-corrected chi connectivity index (χ2v) is 6.66. The molecule has 2 fully saturated rings. The summed E-state index contributed by atoms with van der Waals surface area (Å²) in [5, 5.41) is 3.70. The van der Waals surface area contributed by atoms with Gasteiger partial charge in [-0.15, -0.1) is 0 Å². The lowest BCUT2D eigenvalue weighted by Crippen LogP contribution is -2.27. The summed E-state index contributed by atoms with van der Waals surface area (Å²) in [7, 11) is 0. The molecule has 94 valence electrons. The Kier molecular flexibility index (Phi) is 6.06. The van der Waals surface area contributed by atoms with Gasteiger partial charge in [-0.1, -0.05) is 25.7 Å². The molecular weight excluding hydrogens is 214 g/mol. The third kappa shape index (κ3) is 4.67. The van der Waals surface area contributed by atoms with Gasteiger partial charge in [0.25, 0.3) is 0 Å². The summed E-state index contributed by atoms with van der Waals surface area (Å²) < 4.78 is 0. The van der Waals surface area contributed by atoms with E-state index in [1.54, 1.807) is 0 Å². The fourth-order valence-corrected chi connectivity index (χ4v) is 4.22. The van der Waals surface area contributed by atoms with Gasteiger partial charge >= 0.3 is 0 Å². The van der Waals surface area contributed by atoms with Crippen molar-refractivity contribution in [2.75, 3.05) is 18.1 Å². The minimum Gasteiger partial charge on any atom is -0.314 e. The predicted molar refractivity (Wildman–Crippen MR) is 74.2 cm³/mol. The molecule has 2 saturated carbocycles. The summed E-state index contributed by atoms with van der Waals surface area (Å²) in [5.41, 5.74) is 0. The van der Waals surface area contributed by atoms with E-state index in [0.717, 1.165) is 12.0 Å². The Morgan fingerprint density at radius 1 is 0.938 bits per heavy atom. The summed E-state index contributed by atoms with van der Waals surface area (Å²) in [6, 6.07) is 0.861. The fourth-order valence-electron chi connectivity index (χ4n) is 3.04. The highest BCUT2D eigenvalue weighted by atomic mass is 32.2. The van der Waals surface area contributed by atoms with Crippen molar-refractivity contribution >= 4 is 11.8 Å². The van der Waals surface area contributed by atoms with Crippen molar-refractivity contribution in [2.45, 2.75) is 63.8 Å². The van der Waals surface area contributed by atoms with Crippen LogP contribution in [0.3, 0.4) is 0 Å². The zero-order chi connectivity index (χ0) is 11.1. The van der Waals surface area contributed by atoms with Crippen LogP contribution in [0.15, 0.2) is 0 Å². The molecular formula is C14H27NS. The lowest BCUT2D eigenvalue weighted by atomic mass is 10.1. The molecule has 1 N–H and O–H groups in total. The Morgan fingerprint density at radius 2 is 1.62 bits per heavy atom. The predicted octanol–water partition coefficient (Wildman–Crippen LogP) is 3.83. The maximum atomic E-state index is 3.70. The van der Waals surface area contributed by atoms with Crippen molar-refractivity contribution in [3.05, 3.63) is 0 Å². The molecule has 1 nitrogen and oxygen atoms in total. The molecule has 2 aliphatic carbocycles. The van der Waals surface area contributed by atoms with Crippen molar-refractivity contribution in [1.82, 2.24) is 5.32 Å². The first-order valence-electron chi connectivity index (χ1n) is 7.26. The maximum Gasteiger partial charge on any atom is 0.00670 e. The average Bonchev–Trinajstić information content (AvgIpc) is 2.96. The van der Waals surface area contributed by atoms with Gasteiger partial charge in [0.15, 0.2) is 0 Å². The minimum atomic E-state index is 0.861. The van der Waals surface area contributed by atoms with E-state index in [9.17, 15) is 0 Å². The highest BCUT2D eigenvalue weighted by Crippen LogP contribution is 2.27. The van der Waals surface area contributed by atoms with Crippen LogP contribution in [0.5, 0.6) is 0 Å². The SMILES string of the molecule is C(CNC1CCCC1)CSCC1CCCC1. The van der Waals surface area contributed by atoms with Gasteiger partial charge in [0, 0.05) is 6.04 Å². The summed E-state index contributed by atoms with van der Waals surface area (Å²) in [6.07, 6.45) is 13.1. The van der Waals surface area contributed by atoms with Gasteiger partial charge in [0.1, 0.15) is 0 Å². The molecule has 0 aromatic carbocycles. The van der Waals surface area contributed by atoms with Gasteiger partial charge in [-0.05, 0) is 56.1 Å². The quantitative estimate of drug-likeness (QED) is 0.680. The molecule has 0 amide bonds. The summed E-state index contributed by atoms with van der Waals surface area (Å²) in [5.74, 6) is 3.87. The molecule has 2 aliphatic rings. The van der Waals surface area contributed by atoms with E-state index < -0.39 is 0 Å². The second kappa shape index (κ2) is 7.60. The van der Waals surface area contributed by atoms with Gasteiger partial charge in [-0.25, -0.2) is 0 Å². The zero-order valence-electron chi connectivity index (χ0n) is 10.5. The van der Waals surface area contributed by atoms with E-state index >= 15 is 0 Å². The summed E-state index contributed by atoms with van der Waals surface area (Å²) in [4.78, 5) is 0. The molecule has 0 aromatic heterocycles. The number of hydrogen-bond donors (Lipinski definition) is 1. The molecule has 0 saturated heterocycles. The zero-order valence-corrected chi connectivity index (χ0v) is 11.4. The second-order valence-electron chi connectivity index (χ2n) is 5.51. The smallest absolute Gasteiger partial charge is 0.00670 e. The molecule has 0 aromatic rings. The lowest BCUT2D eigenvalue weighted by molar-refractivity contribution is 0.524. The van der Waals surface area contributed by atoms with Crippen LogP contribution in [-0.2, 0) is 0 Å². The third-order valence-electron chi connectivity index (χ3n) is 4.08. The van der Waals surface area contributed by atoms with Crippen molar-refractivity contribution < 1.29 is 0 Å². The van der Waals surface area contributed by atoms with Crippen LogP contribution in [0.1, 0.15) is 57.8 Å². The van der Waals surface area contributed by atoms with Crippen molar-refractivity contribution in [2.24, 2.45) is 5.92 Å². The van der Waals surface area contributed by atoms with E-state index in [1.165, 1.54) is 75.8 Å². The molecule has 0 radical (unpaired) electrons.